The number of nitrogens with zero attached hydrogens (tertiary/aromatic N) is 1. The fourth-order valence-corrected chi connectivity index (χ4v) is 4.60. The van der Waals surface area contributed by atoms with Crippen LogP contribution in [0.3, 0.4) is 0 Å². The highest BCUT2D eigenvalue weighted by Gasteiger charge is 2.33. The van der Waals surface area contributed by atoms with Crippen molar-refractivity contribution < 1.29 is 19.0 Å². The first-order valence-corrected chi connectivity index (χ1v) is 11.2. The second-order valence-electron chi connectivity index (χ2n) is 7.90. The van der Waals surface area contributed by atoms with Crippen molar-refractivity contribution in [1.29, 1.82) is 0 Å². The Balaban J connectivity index is 1.43. The lowest BCUT2D eigenvalue weighted by molar-refractivity contribution is 0.0869. The van der Waals surface area contributed by atoms with Gasteiger partial charge in [0, 0.05) is 34.3 Å². The number of para-hydroxylation sites is 1. The summed E-state index contributed by atoms with van der Waals surface area (Å²) in [6, 6.07) is 17.6. The van der Waals surface area contributed by atoms with Crippen LogP contribution in [-0.4, -0.2) is 24.5 Å². The maximum absolute atomic E-state index is 13.1. The zero-order valence-electron chi connectivity index (χ0n) is 17.9. The molecule has 2 aliphatic rings. The van der Waals surface area contributed by atoms with Crippen molar-refractivity contribution in [3.8, 4) is 17.2 Å². The Morgan fingerprint density at radius 2 is 1.91 bits per heavy atom. The Kier molecular flexibility index (Phi) is 5.49. The molecule has 0 fully saturated rings. The SMILES string of the molecule is COc1ccccc1CN1COc2c(cc3c(c2C)O/C(=C\c2ccccc2Br)C3=O)C1. The van der Waals surface area contributed by atoms with Gasteiger partial charge in [0.25, 0.3) is 0 Å². The number of Topliss-reactive ketones (excluding diaryl/α,β-unsaturated/α-hetero) is 1. The number of fused-ring (bicyclic) bond motifs is 2. The van der Waals surface area contributed by atoms with Crippen LogP contribution in [0.5, 0.6) is 17.2 Å². The predicted molar refractivity (Wildman–Crippen MR) is 126 cm³/mol. The molecule has 0 saturated carbocycles. The topological polar surface area (TPSA) is 48.0 Å². The van der Waals surface area contributed by atoms with E-state index in [4.69, 9.17) is 14.2 Å². The molecule has 0 saturated heterocycles. The average Bonchev–Trinajstić information content (AvgIpc) is 3.11. The van der Waals surface area contributed by atoms with E-state index in [1.807, 2.05) is 55.5 Å². The molecule has 0 aliphatic carbocycles. The summed E-state index contributed by atoms with van der Waals surface area (Å²) in [5, 5.41) is 0. The van der Waals surface area contributed by atoms with Crippen molar-refractivity contribution >= 4 is 27.8 Å². The molecule has 0 amide bonds. The molecule has 0 unspecified atom stereocenters. The van der Waals surface area contributed by atoms with Gasteiger partial charge in [-0.15, -0.1) is 0 Å². The number of benzene rings is 3. The predicted octanol–water partition coefficient (Wildman–Crippen LogP) is 5.73. The summed E-state index contributed by atoms with van der Waals surface area (Å²) < 4.78 is 18.5. The van der Waals surface area contributed by atoms with E-state index >= 15 is 0 Å². The Morgan fingerprint density at radius 3 is 2.72 bits per heavy atom. The molecule has 2 heterocycles. The smallest absolute Gasteiger partial charge is 0.231 e. The molecule has 6 heteroatoms. The van der Waals surface area contributed by atoms with Crippen molar-refractivity contribution in [1.82, 2.24) is 4.90 Å². The fourth-order valence-electron chi connectivity index (χ4n) is 4.21. The Morgan fingerprint density at radius 1 is 1.12 bits per heavy atom. The summed E-state index contributed by atoms with van der Waals surface area (Å²) in [5.74, 6) is 2.46. The lowest BCUT2D eigenvalue weighted by Crippen LogP contribution is -2.32. The second kappa shape index (κ2) is 8.45. The van der Waals surface area contributed by atoms with Crippen LogP contribution in [0.15, 0.2) is 64.8 Å². The molecule has 0 radical (unpaired) electrons. The van der Waals surface area contributed by atoms with Gasteiger partial charge in [-0.3, -0.25) is 9.69 Å². The van der Waals surface area contributed by atoms with Crippen LogP contribution < -0.4 is 14.2 Å². The number of rotatable bonds is 4. The first kappa shape index (κ1) is 20.8. The molecule has 0 atom stereocenters. The molecule has 5 rings (SSSR count). The molecule has 0 bridgehead atoms. The van der Waals surface area contributed by atoms with Gasteiger partial charge in [-0.2, -0.15) is 0 Å². The highest BCUT2D eigenvalue weighted by atomic mass is 79.9. The van der Waals surface area contributed by atoms with Crippen molar-refractivity contribution in [2.45, 2.75) is 20.0 Å². The normalized spacial score (nSPS) is 16.3. The number of ether oxygens (including phenoxy) is 3. The third kappa shape index (κ3) is 3.70. The first-order valence-electron chi connectivity index (χ1n) is 10.4. The lowest BCUT2D eigenvalue weighted by atomic mass is 9.99. The first-order chi connectivity index (χ1) is 15.5. The van der Waals surface area contributed by atoms with E-state index < -0.39 is 0 Å². The monoisotopic (exact) mass is 491 g/mol. The number of ketones is 1. The molecule has 5 nitrogen and oxygen atoms in total. The molecule has 2 aliphatic heterocycles. The average molecular weight is 492 g/mol. The quantitative estimate of drug-likeness (QED) is 0.435. The minimum absolute atomic E-state index is 0.108. The Bertz CT molecular complexity index is 1250. The Hall–Kier alpha value is -3.09. The number of halogens is 1. The van der Waals surface area contributed by atoms with Crippen LogP contribution in [-0.2, 0) is 13.1 Å². The standard InChI is InChI=1S/C26H22BrNO4/c1-16-25-19(14-28(15-31-25)13-18-8-4-6-10-22(18)30-2)11-20-24(29)23(32-26(16)20)12-17-7-3-5-9-21(17)27/h3-12H,13-15H2,1-2H3/b23-12-. The molecular weight excluding hydrogens is 470 g/mol. The zero-order chi connectivity index (χ0) is 22.2. The van der Waals surface area contributed by atoms with Crippen LogP contribution in [0.2, 0.25) is 0 Å². The Labute approximate surface area is 195 Å². The molecule has 0 N–H and O–H groups in total. The third-order valence-corrected chi connectivity index (χ3v) is 6.50. The van der Waals surface area contributed by atoms with Crippen LogP contribution in [0.1, 0.15) is 32.6 Å². The summed E-state index contributed by atoms with van der Waals surface area (Å²) in [6.07, 6.45) is 1.78. The van der Waals surface area contributed by atoms with Gasteiger partial charge in [0.2, 0.25) is 5.78 Å². The summed E-state index contributed by atoms with van der Waals surface area (Å²) >= 11 is 3.53. The van der Waals surface area contributed by atoms with E-state index in [1.54, 1.807) is 13.2 Å². The molecule has 3 aromatic carbocycles. The fraction of sp³-hybridized carbons (Fsp3) is 0.192. The number of hydrogen-bond donors (Lipinski definition) is 0. The summed E-state index contributed by atoms with van der Waals surface area (Å²) in [7, 11) is 1.68. The zero-order valence-corrected chi connectivity index (χ0v) is 19.4. The van der Waals surface area contributed by atoms with E-state index in [2.05, 4.69) is 26.9 Å². The molecule has 0 aromatic heterocycles. The molecule has 3 aromatic rings. The molecular formula is C26H22BrNO4. The number of hydrogen-bond acceptors (Lipinski definition) is 5. The van der Waals surface area contributed by atoms with Crippen molar-refractivity contribution in [3.63, 3.8) is 0 Å². The number of carbonyl (C=O) groups excluding carboxylic acids is 1. The number of carbonyl (C=O) groups is 1. The maximum atomic E-state index is 13.1. The minimum atomic E-state index is -0.108. The van der Waals surface area contributed by atoms with Crippen LogP contribution >= 0.6 is 15.9 Å². The van der Waals surface area contributed by atoms with Gasteiger partial charge < -0.3 is 14.2 Å². The second-order valence-corrected chi connectivity index (χ2v) is 8.75. The number of allylic oxidation sites excluding steroid dienone is 1. The van der Waals surface area contributed by atoms with E-state index in [9.17, 15) is 4.79 Å². The highest BCUT2D eigenvalue weighted by molar-refractivity contribution is 9.10. The van der Waals surface area contributed by atoms with Gasteiger partial charge in [0.05, 0.1) is 12.7 Å². The van der Waals surface area contributed by atoms with Gasteiger partial charge >= 0.3 is 0 Å². The largest absolute Gasteiger partial charge is 0.496 e. The summed E-state index contributed by atoms with van der Waals surface area (Å²) in [4.78, 5) is 15.3. The van der Waals surface area contributed by atoms with E-state index in [1.165, 1.54) is 0 Å². The maximum Gasteiger partial charge on any atom is 0.231 e. The van der Waals surface area contributed by atoms with E-state index in [-0.39, 0.29) is 5.78 Å². The molecule has 0 spiro atoms. The van der Waals surface area contributed by atoms with Crippen molar-refractivity contribution in [3.05, 3.63) is 92.6 Å². The van der Waals surface area contributed by atoms with Gasteiger partial charge in [-0.25, -0.2) is 0 Å². The summed E-state index contributed by atoms with van der Waals surface area (Å²) in [6.45, 7) is 3.77. The van der Waals surface area contributed by atoms with E-state index in [0.717, 1.165) is 38.2 Å². The number of methoxy groups -OCH3 is 1. The van der Waals surface area contributed by atoms with Crippen LogP contribution in [0.25, 0.3) is 6.08 Å². The summed E-state index contributed by atoms with van der Waals surface area (Å²) in [5.41, 5.74) is 4.42. The van der Waals surface area contributed by atoms with Crippen molar-refractivity contribution in [2.24, 2.45) is 0 Å². The van der Waals surface area contributed by atoms with Crippen molar-refractivity contribution in [2.75, 3.05) is 13.8 Å². The third-order valence-electron chi connectivity index (χ3n) is 5.78. The molecule has 32 heavy (non-hydrogen) atoms. The molecule has 162 valence electrons. The lowest BCUT2D eigenvalue weighted by Gasteiger charge is -2.30. The van der Waals surface area contributed by atoms with E-state index in [0.29, 0.717) is 36.9 Å². The highest BCUT2D eigenvalue weighted by Crippen LogP contribution is 2.43. The van der Waals surface area contributed by atoms with Crippen LogP contribution in [0.4, 0.5) is 0 Å². The van der Waals surface area contributed by atoms with Gasteiger partial charge in [0.1, 0.15) is 24.0 Å². The van der Waals surface area contributed by atoms with Gasteiger partial charge in [0.15, 0.2) is 5.76 Å². The van der Waals surface area contributed by atoms with Gasteiger partial charge in [-0.1, -0.05) is 52.3 Å². The minimum Gasteiger partial charge on any atom is -0.496 e. The van der Waals surface area contributed by atoms with Gasteiger partial charge in [-0.05, 0) is 36.8 Å². The van der Waals surface area contributed by atoms with Crippen LogP contribution in [0, 0.1) is 6.92 Å².